The van der Waals surface area contributed by atoms with Crippen LogP contribution in [0.1, 0.15) is 47.4 Å². The molecule has 2 N–H and O–H groups in total. The molecule has 4 rings (SSSR count). The number of rotatable bonds is 9. The summed E-state index contributed by atoms with van der Waals surface area (Å²) < 4.78 is 46.5. The number of carboxylic acids is 1. The van der Waals surface area contributed by atoms with Crippen LogP contribution in [-0.2, 0) is 24.1 Å². The van der Waals surface area contributed by atoms with Gasteiger partial charge >= 0.3 is 12.1 Å². The molecule has 186 valence electrons. The number of alkyl halides is 3. The number of nitrogens with one attached hydrogen (secondary N) is 1. The van der Waals surface area contributed by atoms with Crippen molar-refractivity contribution in [2.75, 3.05) is 0 Å². The zero-order valence-electron chi connectivity index (χ0n) is 19.2. The molecule has 0 spiro atoms. The van der Waals surface area contributed by atoms with Gasteiger partial charge in [-0.3, -0.25) is 4.79 Å². The number of thiophene rings is 1. The zero-order chi connectivity index (χ0) is 24.8. The van der Waals surface area contributed by atoms with Gasteiger partial charge in [0.05, 0.1) is 0 Å². The number of carbonyl (C=O) groups is 1. The highest BCUT2D eigenvalue weighted by molar-refractivity contribution is 7.12. The fourth-order valence-electron chi connectivity index (χ4n) is 4.61. The van der Waals surface area contributed by atoms with Crippen molar-refractivity contribution in [3.05, 3.63) is 76.0 Å². The van der Waals surface area contributed by atoms with Crippen molar-refractivity contribution in [1.82, 2.24) is 5.32 Å². The molecular formula is C27H28F3NO3S. The molecule has 3 aromatic rings. The summed E-state index contributed by atoms with van der Waals surface area (Å²) in [4.78, 5) is 11.0. The number of halogens is 3. The van der Waals surface area contributed by atoms with Crippen LogP contribution in [0, 0.1) is 5.92 Å². The van der Waals surface area contributed by atoms with E-state index in [1.54, 1.807) is 36.4 Å². The second-order valence-corrected chi connectivity index (χ2v) is 10.0. The molecule has 1 heterocycles. The Kier molecular flexibility index (Phi) is 8.13. The third kappa shape index (κ3) is 6.86. The molecule has 1 fully saturated rings. The van der Waals surface area contributed by atoms with E-state index in [2.05, 4.69) is 5.32 Å². The van der Waals surface area contributed by atoms with Gasteiger partial charge in [0.25, 0.3) is 0 Å². The second-order valence-electron chi connectivity index (χ2n) is 8.88. The van der Waals surface area contributed by atoms with E-state index in [9.17, 15) is 18.0 Å². The lowest BCUT2D eigenvalue weighted by Crippen LogP contribution is -2.39. The van der Waals surface area contributed by atoms with Gasteiger partial charge in [0, 0.05) is 29.4 Å². The first kappa shape index (κ1) is 25.3. The molecule has 2 atom stereocenters. The molecule has 2 unspecified atom stereocenters. The van der Waals surface area contributed by atoms with Crippen molar-refractivity contribution in [3.8, 4) is 16.9 Å². The Labute approximate surface area is 206 Å². The normalized spacial score (nSPS) is 18.4. The van der Waals surface area contributed by atoms with Crippen molar-refractivity contribution in [2.45, 2.75) is 57.5 Å². The number of hydrogen-bond donors (Lipinski definition) is 2. The Morgan fingerprint density at radius 3 is 2.46 bits per heavy atom. The quantitative estimate of drug-likeness (QED) is 0.326. The van der Waals surface area contributed by atoms with Gasteiger partial charge < -0.3 is 15.2 Å². The van der Waals surface area contributed by atoms with E-state index in [0.29, 0.717) is 34.1 Å². The van der Waals surface area contributed by atoms with Crippen LogP contribution in [0.15, 0.2) is 60.7 Å². The van der Waals surface area contributed by atoms with Crippen LogP contribution in [0.3, 0.4) is 0 Å². The van der Waals surface area contributed by atoms with Crippen LogP contribution in [0.2, 0.25) is 0 Å². The van der Waals surface area contributed by atoms with Crippen molar-refractivity contribution in [3.63, 3.8) is 0 Å². The minimum Gasteiger partial charge on any atom is -0.488 e. The second kappa shape index (κ2) is 11.3. The molecule has 0 saturated heterocycles. The van der Waals surface area contributed by atoms with Crippen LogP contribution in [0.4, 0.5) is 13.2 Å². The molecule has 0 radical (unpaired) electrons. The maximum absolute atomic E-state index is 13.6. The number of aliphatic carboxylic acids is 1. The summed E-state index contributed by atoms with van der Waals surface area (Å²) >= 11 is 0.710. The highest BCUT2D eigenvalue weighted by Gasteiger charge is 2.36. The Morgan fingerprint density at radius 1 is 1.06 bits per heavy atom. The Bertz CT molecular complexity index is 1110. The fourth-order valence-corrected chi connectivity index (χ4v) is 5.57. The number of ether oxygens (including phenoxy) is 1. The van der Waals surface area contributed by atoms with Crippen molar-refractivity contribution in [1.29, 1.82) is 0 Å². The minimum absolute atomic E-state index is 0.0527. The van der Waals surface area contributed by atoms with E-state index in [1.807, 2.05) is 24.3 Å². The zero-order valence-corrected chi connectivity index (χ0v) is 20.0. The highest BCUT2D eigenvalue weighted by atomic mass is 32.1. The third-order valence-corrected chi connectivity index (χ3v) is 7.50. The van der Waals surface area contributed by atoms with Gasteiger partial charge in [-0.15, -0.1) is 11.3 Å². The molecule has 1 aliphatic rings. The van der Waals surface area contributed by atoms with E-state index < -0.39 is 17.0 Å². The summed E-state index contributed by atoms with van der Waals surface area (Å²) in [5.41, 5.74) is 1.74. The van der Waals surface area contributed by atoms with E-state index >= 15 is 0 Å². The minimum atomic E-state index is -4.43. The summed E-state index contributed by atoms with van der Waals surface area (Å²) in [7, 11) is 0. The van der Waals surface area contributed by atoms with Gasteiger partial charge in [0.15, 0.2) is 0 Å². The summed E-state index contributed by atoms with van der Waals surface area (Å²) in [5.74, 6) is -0.0235. The van der Waals surface area contributed by atoms with E-state index in [1.165, 1.54) is 0 Å². The fraction of sp³-hybridized carbons (Fsp3) is 0.370. The Morgan fingerprint density at radius 2 is 1.77 bits per heavy atom. The molecule has 0 bridgehead atoms. The van der Waals surface area contributed by atoms with Gasteiger partial charge in [-0.1, -0.05) is 55.3 Å². The Balaban J connectivity index is 1.35. The summed E-state index contributed by atoms with van der Waals surface area (Å²) in [6, 6.07) is 17.8. The highest BCUT2D eigenvalue weighted by Crippen LogP contribution is 2.43. The molecule has 0 amide bonds. The predicted molar refractivity (Wildman–Crippen MR) is 130 cm³/mol. The average molecular weight is 504 g/mol. The SMILES string of the molecule is O=C(O)CC1CCCCC1NCc1ccc(OCc2cc(-c3ccccc3)c(C(F)(F)F)s2)cc1. The average Bonchev–Trinajstić information content (AvgIpc) is 3.28. The summed E-state index contributed by atoms with van der Waals surface area (Å²) in [5, 5.41) is 12.7. The first-order chi connectivity index (χ1) is 16.8. The van der Waals surface area contributed by atoms with Gasteiger partial charge in [-0.25, -0.2) is 0 Å². The molecular weight excluding hydrogens is 475 g/mol. The molecule has 4 nitrogen and oxygen atoms in total. The van der Waals surface area contributed by atoms with Crippen molar-refractivity contribution in [2.24, 2.45) is 5.92 Å². The van der Waals surface area contributed by atoms with Crippen molar-refractivity contribution < 1.29 is 27.8 Å². The van der Waals surface area contributed by atoms with Gasteiger partial charge in [0.1, 0.15) is 17.2 Å². The standard InChI is InChI=1S/C27H28F3NO3S/c28-27(29,30)26-23(19-6-2-1-3-7-19)15-22(35-26)17-34-21-12-10-18(11-13-21)16-31-24-9-5-4-8-20(24)14-25(32)33/h1-3,6-7,10-13,15,20,24,31H,4-5,8-9,14,16-17H2,(H,32,33). The summed E-state index contributed by atoms with van der Waals surface area (Å²) in [6.07, 6.45) is -0.152. The smallest absolute Gasteiger partial charge is 0.426 e. The largest absolute Gasteiger partial charge is 0.488 e. The van der Waals surface area contributed by atoms with Gasteiger partial charge in [-0.2, -0.15) is 13.2 Å². The van der Waals surface area contributed by atoms with Gasteiger partial charge in [0.2, 0.25) is 0 Å². The van der Waals surface area contributed by atoms with Crippen molar-refractivity contribution >= 4 is 17.3 Å². The Hall–Kier alpha value is -2.84. The third-order valence-electron chi connectivity index (χ3n) is 6.34. The lowest BCUT2D eigenvalue weighted by Gasteiger charge is -2.31. The molecule has 0 aliphatic heterocycles. The number of carboxylic acid groups (broad SMARTS) is 1. The van der Waals surface area contributed by atoms with Crippen LogP contribution < -0.4 is 10.1 Å². The van der Waals surface area contributed by atoms with E-state index in [0.717, 1.165) is 31.2 Å². The van der Waals surface area contributed by atoms with Crippen LogP contribution in [-0.4, -0.2) is 17.1 Å². The predicted octanol–water partition coefficient (Wildman–Crippen LogP) is 7.14. The van der Waals surface area contributed by atoms with Gasteiger partial charge in [-0.05, 0) is 48.1 Å². The van der Waals surface area contributed by atoms with Crippen LogP contribution in [0.5, 0.6) is 5.75 Å². The lowest BCUT2D eigenvalue weighted by atomic mass is 9.82. The number of benzene rings is 2. The molecule has 35 heavy (non-hydrogen) atoms. The van der Waals surface area contributed by atoms with Crippen LogP contribution in [0.25, 0.3) is 11.1 Å². The monoisotopic (exact) mass is 503 g/mol. The molecule has 1 saturated carbocycles. The number of hydrogen-bond acceptors (Lipinski definition) is 4. The molecule has 2 aromatic carbocycles. The lowest BCUT2D eigenvalue weighted by molar-refractivity contribution is -0.138. The van der Waals surface area contributed by atoms with E-state index in [4.69, 9.17) is 9.84 Å². The maximum Gasteiger partial charge on any atom is 0.426 e. The molecule has 8 heteroatoms. The molecule has 1 aromatic heterocycles. The first-order valence-electron chi connectivity index (χ1n) is 11.7. The van der Waals surface area contributed by atoms with E-state index in [-0.39, 0.29) is 30.6 Å². The summed E-state index contributed by atoms with van der Waals surface area (Å²) in [6.45, 7) is 0.679. The maximum atomic E-state index is 13.6. The topological polar surface area (TPSA) is 58.6 Å². The molecule has 1 aliphatic carbocycles. The first-order valence-corrected chi connectivity index (χ1v) is 12.5. The van der Waals surface area contributed by atoms with Crippen LogP contribution >= 0.6 is 11.3 Å².